The molecule has 1 aromatic carbocycles. The highest BCUT2D eigenvalue weighted by atomic mass is 35.5. The number of carbonyl (C=O) groups excluding carboxylic acids is 2. The second kappa shape index (κ2) is 7.11. The van der Waals surface area contributed by atoms with Gasteiger partial charge in [-0.25, -0.2) is 0 Å². The minimum absolute atomic E-state index is 0.210. The fourth-order valence-corrected chi connectivity index (χ4v) is 2.56. The SMILES string of the molecule is NCCCNC(=O)C1CCN(c2ccc(Cl)c(Cl)c2)C1=O. The highest BCUT2D eigenvalue weighted by molar-refractivity contribution is 6.42. The van der Waals surface area contributed by atoms with Crippen molar-refractivity contribution in [1.82, 2.24) is 5.32 Å². The molecule has 1 aliphatic rings. The molecule has 0 saturated carbocycles. The van der Waals surface area contributed by atoms with Crippen LogP contribution in [0, 0.1) is 5.92 Å². The van der Waals surface area contributed by atoms with Crippen LogP contribution < -0.4 is 16.0 Å². The van der Waals surface area contributed by atoms with E-state index in [4.69, 9.17) is 28.9 Å². The summed E-state index contributed by atoms with van der Waals surface area (Å²) >= 11 is 11.8. The number of halogens is 2. The van der Waals surface area contributed by atoms with E-state index in [1.54, 1.807) is 23.1 Å². The van der Waals surface area contributed by atoms with Crippen molar-refractivity contribution < 1.29 is 9.59 Å². The van der Waals surface area contributed by atoms with Crippen molar-refractivity contribution in [3.63, 3.8) is 0 Å². The number of carbonyl (C=O) groups is 2. The first-order valence-electron chi connectivity index (χ1n) is 6.79. The molecule has 1 heterocycles. The zero-order valence-electron chi connectivity index (χ0n) is 11.4. The number of anilines is 1. The van der Waals surface area contributed by atoms with Crippen LogP contribution in [-0.4, -0.2) is 31.4 Å². The monoisotopic (exact) mass is 329 g/mol. The fraction of sp³-hybridized carbons (Fsp3) is 0.429. The minimum atomic E-state index is -0.641. The van der Waals surface area contributed by atoms with Crippen LogP contribution in [0.2, 0.25) is 10.0 Å². The molecule has 0 radical (unpaired) electrons. The van der Waals surface area contributed by atoms with Crippen LogP contribution in [0.4, 0.5) is 5.69 Å². The van der Waals surface area contributed by atoms with Crippen LogP contribution in [-0.2, 0) is 9.59 Å². The van der Waals surface area contributed by atoms with Gasteiger partial charge < -0.3 is 16.0 Å². The van der Waals surface area contributed by atoms with Crippen molar-refractivity contribution in [2.45, 2.75) is 12.8 Å². The Bertz CT molecular complexity index is 551. The molecule has 1 aliphatic heterocycles. The number of hydrogen-bond acceptors (Lipinski definition) is 3. The summed E-state index contributed by atoms with van der Waals surface area (Å²) in [6, 6.07) is 5.00. The topological polar surface area (TPSA) is 75.4 Å². The highest BCUT2D eigenvalue weighted by Crippen LogP contribution is 2.31. The first kappa shape index (κ1) is 16.1. The number of amides is 2. The predicted molar refractivity (Wildman–Crippen MR) is 83.6 cm³/mol. The maximum atomic E-state index is 12.3. The number of nitrogens with zero attached hydrogens (tertiary/aromatic N) is 1. The van der Waals surface area contributed by atoms with Gasteiger partial charge in [0.1, 0.15) is 5.92 Å². The Morgan fingerprint density at radius 3 is 2.81 bits per heavy atom. The number of nitrogens with two attached hydrogens (primary N) is 1. The van der Waals surface area contributed by atoms with E-state index in [1.165, 1.54) is 0 Å². The summed E-state index contributed by atoms with van der Waals surface area (Å²) < 4.78 is 0. The molecule has 2 rings (SSSR count). The maximum Gasteiger partial charge on any atom is 0.239 e. The van der Waals surface area contributed by atoms with Gasteiger partial charge in [0, 0.05) is 18.8 Å². The summed E-state index contributed by atoms with van der Waals surface area (Å²) in [6.07, 6.45) is 1.19. The molecule has 0 aliphatic carbocycles. The zero-order valence-corrected chi connectivity index (χ0v) is 13.0. The van der Waals surface area contributed by atoms with Gasteiger partial charge in [-0.3, -0.25) is 9.59 Å². The number of rotatable bonds is 5. The molecule has 3 N–H and O–H groups in total. The summed E-state index contributed by atoms with van der Waals surface area (Å²) in [6.45, 7) is 1.49. The highest BCUT2D eigenvalue weighted by Gasteiger charge is 2.37. The van der Waals surface area contributed by atoms with Gasteiger partial charge in [0.25, 0.3) is 0 Å². The molecule has 0 aromatic heterocycles. The number of benzene rings is 1. The second-order valence-corrected chi connectivity index (χ2v) is 5.68. The molecule has 1 unspecified atom stereocenters. The molecule has 1 atom stereocenters. The average molecular weight is 330 g/mol. The quantitative estimate of drug-likeness (QED) is 0.639. The standard InChI is InChI=1S/C14H17Cl2N3O2/c15-11-3-2-9(8-12(11)16)19-7-4-10(14(19)21)13(20)18-6-1-5-17/h2-3,8,10H,1,4-7,17H2,(H,18,20). The molecule has 2 amide bonds. The summed E-state index contributed by atoms with van der Waals surface area (Å²) in [5, 5.41) is 3.56. The summed E-state index contributed by atoms with van der Waals surface area (Å²) in [7, 11) is 0. The molecule has 5 nitrogen and oxygen atoms in total. The van der Waals surface area contributed by atoms with Gasteiger partial charge in [-0.1, -0.05) is 23.2 Å². The Morgan fingerprint density at radius 1 is 1.38 bits per heavy atom. The van der Waals surface area contributed by atoms with Gasteiger partial charge in [-0.15, -0.1) is 0 Å². The van der Waals surface area contributed by atoms with Gasteiger partial charge >= 0.3 is 0 Å². The number of nitrogens with one attached hydrogen (secondary N) is 1. The van der Waals surface area contributed by atoms with Crippen LogP contribution in [0.5, 0.6) is 0 Å². The van der Waals surface area contributed by atoms with Crippen LogP contribution in [0.25, 0.3) is 0 Å². The van der Waals surface area contributed by atoms with Crippen LogP contribution in [0.15, 0.2) is 18.2 Å². The Morgan fingerprint density at radius 2 is 2.14 bits per heavy atom. The smallest absolute Gasteiger partial charge is 0.239 e. The van der Waals surface area contributed by atoms with Gasteiger partial charge in [-0.2, -0.15) is 0 Å². The van der Waals surface area contributed by atoms with E-state index in [1.807, 2.05) is 0 Å². The fourth-order valence-electron chi connectivity index (χ4n) is 2.27. The zero-order chi connectivity index (χ0) is 15.4. The van der Waals surface area contributed by atoms with Crippen molar-refractivity contribution in [3.05, 3.63) is 28.2 Å². The van der Waals surface area contributed by atoms with E-state index >= 15 is 0 Å². The average Bonchev–Trinajstić information content (AvgIpc) is 2.84. The molecular weight excluding hydrogens is 313 g/mol. The van der Waals surface area contributed by atoms with Gasteiger partial charge in [0.05, 0.1) is 10.0 Å². The lowest BCUT2D eigenvalue weighted by Gasteiger charge is -2.17. The molecule has 21 heavy (non-hydrogen) atoms. The lowest BCUT2D eigenvalue weighted by molar-refractivity contribution is -0.132. The number of hydrogen-bond donors (Lipinski definition) is 2. The van der Waals surface area contributed by atoms with Crippen molar-refractivity contribution >= 4 is 40.7 Å². The molecule has 114 valence electrons. The minimum Gasteiger partial charge on any atom is -0.355 e. The third-order valence-corrected chi connectivity index (χ3v) is 4.16. The Balaban J connectivity index is 2.03. The van der Waals surface area contributed by atoms with E-state index < -0.39 is 5.92 Å². The molecule has 0 spiro atoms. The van der Waals surface area contributed by atoms with Crippen molar-refractivity contribution in [3.8, 4) is 0 Å². The second-order valence-electron chi connectivity index (χ2n) is 4.86. The molecule has 1 aromatic rings. The van der Waals surface area contributed by atoms with E-state index in [2.05, 4.69) is 5.32 Å². The Kier molecular flexibility index (Phi) is 5.45. The first-order chi connectivity index (χ1) is 10.0. The molecular formula is C14H17Cl2N3O2. The van der Waals surface area contributed by atoms with E-state index in [9.17, 15) is 9.59 Å². The van der Waals surface area contributed by atoms with Gasteiger partial charge in [-0.05, 0) is 37.6 Å². The van der Waals surface area contributed by atoms with Crippen LogP contribution in [0.3, 0.4) is 0 Å². The van der Waals surface area contributed by atoms with Gasteiger partial charge in [0.15, 0.2) is 0 Å². The van der Waals surface area contributed by atoms with Crippen molar-refractivity contribution in [2.75, 3.05) is 24.5 Å². The molecule has 0 bridgehead atoms. The molecule has 1 saturated heterocycles. The summed E-state index contributed by atoms with van der Waals surface area (Å²) in [4.78, 5) is 25.9. The van der Waals surface area contributed by atoms with Crippen molar-refractivity contribution in [1.29, 1.82) is 0 Å². The largest absolute Gasteiger partial charge is 0.355 e. The van der Waals surface area contributed by atoms with Crippen LogP contribution in [0.1, 0.15) is 12.8 Å². The van der Waals surface area contributed by atoms with Crippen molar-refractivity contribution in [2.24, 2.45) is 11.7 Å². The lowest BCUT2D eigenvalue weighted by atomic mass is 10.1. The first-order valence-corrected chi connectivity index (χ1v) is 7.54. The third-order valence-electron chi connectivity index (χ3n) is 3.42. The van der Waals surface area contributed by atoms with Crippen LogP contribution >= 0.6 is 23.2 Å². The van der Waals surface area contributed by atoms with E-state index in [0.717, 1.165) is 0 Å². The van der Waals surface area contributed by atoms with E-state index in [0.29, 0.717) is 48.2 Å². The Hall–Kier alpha value is -1.30. The van der Waals surface area contributed by atoms with Gasteiger partial charge in [0.2, 0.25) is 11.8 Å². The molecule has 7 heteroatoms. The lowest BCUT2D eigenvalue weighted by Crippen LogP contribution is -2.37. The third kappa shape index (κ3) is 3.67. The predicted octanol–water partition coefficient (Wildman–Crippen LogP) is 1.81. The Labute approximate surface area is 133 Å². The summed E-state index contributed by atoms with van der Waals surface area (Å²) in [5.74, 6) is -1.09. The molecule has 1 fully saturated rings. The van der Waals surface area contributed by atoms with E-state index in [-0.39, 0.29) is 11.8 Å². The maximum absolute atomic E-state index is 12.3. The summed E-state index contributed by atoms with van der Waals surface area (Å²) in [5.41, 5.74) is 6.03. The normalized spacial score (nSPS) is 18.1.